The number of carbonyl (C=O) groups is 8. The molecule has 0 spiro atoms. The number of esters is 2. The van der Waals surface area contributed by atoms with Crippen molar-refractivity contribution in [2.75, 3.05) is 26.2 Å². The highest BCUT2D eigenvalue weighted by atomic mass is 16.6. The number of carbonyl (C=O) groups excluding carboxylic acids is 8. The summed E-state index contributed by atoms with van der Waals surface area (Å²) in [4.78, 5) is 107. The Morgan fingerprint density at radius 1 is 0.438 bits per heavy atom. The zero-order valence-corrected chi connectivity index (χ0v) is 50.0. The van der Waals surface area contributed by atoms with E-state index in [0.29, 0.717) is 32.2 Å². The maximum atomic E-state index is 14.4. The van der Waals surface area contributed by atoms with Gasteiger partial charge >= 0.3 is 24.1 Å². The molecule has 3 unspecified atom stereocenters. The average molecular weight is 1120 g/mol. The molecule has 3 rings (SSSR count). The molecule has 0 saturated heterocycles. The molecule has 6 N–H and O–H groups in total. The van der Waals surface area contributed by atoms with Crippen molar-refractivity contribution in [1.82, 2.24) is 31.9 Å². The van der Waals surface area contributed by atoms with E-state index in [2.05, 4.69) is 38.8 Å². The van der Waals surface area contributed by atoms with Crippen LogP contribution in [0.5, 0.6) is 0 Å². The maximum absolute atomic E-state index is 14.4. The van der Waals surface area contributed by atoms with E-state index in [0.717, 1.165) is 60.8 Å². The van der Waals surface area contributed by atoms with Gasteiger partial charge in [0.05, 0.1) is 0 Å². The van der Waals surface area contributed by atoms with E-state index in [9.17, 15) is 38.4 Å². The Kier molecular flexibility index (Phi) is 30.2. The second-order valence-electron chi connectivity index (χ2n) is 24.0. The Bertz CT molecular complexity index is 2220. The molecule has 448 valence electrons. The Morgan fingerprint density at radius 2 is 0.863 bits per heavy atom. The molecule has 0 heterocycles. The lowest BCUT2D eigenvalue weighted by Gasteiger charge is -2.26. The topological polar surface area (TPSA) is 246 Å². The van der Waals surface area contributed by atoms with Crippen LogP contribution in [0.2, 0.25) is 0 Å². The first-order chi connectivity index (χ1) is 37.9. The van der Waals surface area contributed by atoms with Gasteiger partial charge in [0, 0.05) is 44.8 Å². The van der Waals surface area contributed by atoms with Crippen LogP contribution in [0.3, 0.4) is 0 Å². The predicted octanol–water partition coefficient (Wildman–Crippen LogP) is 10.5. The van der Waals surface area contributed by atoms with Gasteiger partial charge in [-0.2, -0.15) is 0 Å². The number of hydrogen-bond donors (Lipinski definition) is 6. The number of hydrogen-bond acceptors (Lipinski definition) is 12. The van der Waals surface area contributed by atoms with Crippen LogP contribution in [0.15, 0.2) is 48.5 Å². The van der Waals surface area contributed by atoms with E-state index in [-0.39, 0.29) is 63.6 Å². The fraction of sp³-hybridized carbons (Fsp3) is 0.677. The van der Waals surface area contributed by atoms with Crippen molar-refractivity contribution < 1.29 is 57.3 Å². The van der Waals surface area contributed by atoms with Crippen LogP contribution in [-0.4, -0.2) is 109 Å². The standard InChI is InChI=1S/C62H98N6O12/c1-11-12-13-14-15-16-17-18-21-35-52(69)63-40-27-19-20-28-41-64-55(72)50(36-38-53(70)78-60(2,3)4)66-57(74)51(37-39-54(71)79-61(5,6)7)67-56(73)49(34-26-29-42-65-58(75)80-62(8,9)10)68-59(76)77-43-48-46-32-24-22-30-44(46)45-31-23-25-33-47(45)48/h22-25,30-33,48-51H,11-21,26-29,34-43H2,1-10H3,(H,63,69)(H,64,72)(H,65,75)(H,66,74)(H,67,73)(H,68,76). The number of alkyl carbamates (subject to hydrolysis) is 2. The van der Waals surface area contributed by atoms with Gasteiger partial charge in [-0.25, -0.2) is 9.59 Å². The summed E-state index contributed by atoms with van der Waals surface area (Å²) < 4.78 is 22.2. The highest BCUT2D eigenvalue weighted by Gasteiger charge is 2.33. The summed E-state index contributed by atoms with van der Waals surface area (Å²) in [5, 5.41) is 16.7. The molecular weight excluding hydrogens is 1020 g/mol. The van der Waals surface area contributed by atoms with Crippen molar-refractivity contribution in [1.29, 1.82) is 0 Å². The molecule has 0 aliphatic heterocycles. The van der Waals surface area contributed by atoms with Gasteiger partial charge in [0.2, 0.25) is 23.6 Å². The molecule has 1 aliphatic carbocycles. The predicted molar refractivity (Wildman–Crippen MR) is 310 cm³/mol. The molecule has 2 aromatic carbocycles. The van der Waals surface area contributed by atoms with E-state index in [1.165, 1.54) is 38.5 Å². The summed E-state index contributed by atoms with van der Waals surface area (Å²) in [5.74, 6) is -3.54. The van der Waals surface area contributed by atoms with Crippen molar-refractivity contribution in [3.8, 4) is 11.1 Å². The number of ether oxygens (including phenoxy) is 4. The minimum atomic E-state index is -1.42. The van der Waals surface area contributed by atoms with Crippen molar-refractivity contribution >= 4 is 47.8 Å². The van der Waals surface area contributed by atoms with E-state index < -0.39 is 76.8 Å². The summed E-state index contributed by atoms with van der Waals surface area (Å²) in [6.45, 7) is 18.8. The van der Waals surface area contributed by atoms with Crippen molar-refractivity contribution in [3.05, 3.63) is 59.7 Å². The molecule has 18 heteroatoms. The molecule has 0 bridgehead atoms. The van der Waals surface area contributed by atoms with Crippen molar-refractivity contribution in [3.63, 3.8) is 0 Å². The second kappa shape index (κ2) is 35.5. The van der Waals surface area contributed by atoms with Crippen LogP contribution in [-0.2, 0) is 47.7 Å². The van der Waals surface area contributed by atoms with E-state index >= 15 is 0 Å². The summed E-state index contributed by atoms with van der Waals surface area (Å²) in [7, 11) is 0. The zero-order valence-electron chi connectivity index (χ0n) is 50.0. The van der Waals surface area contributed by atoms with Crippen molar-refractivity contribution in [2.45, 2.75) is 245 Å². The summed E-state index contributed by atoms with van der Waals surface area (Å²) in [5.41, 5.74) is 1.72. The first-order valence-electron chi connectivity index (χ1n) is 29.5. The van der Waals surface area contributed by atoms with Gasteiger partial charge in [0.1, 0.15) is 41.5 Å². The van der Waals surface area contributed by atoms with Gasteiger partial charge in [-0.3, -0.25) is 28.8 Å². The monoisotopic (exact) mass is 1120 g/mol. The number of rotatable bonds is 36. The molecule has 3 atom stereocenters. The third-order valence-electron chi connectivity index (χ3n) is 13.2. The number of unbranched alkanes of at least 4 members (excludes halogenated alkanes) is 12. The number of benzene rings is 2. The van der Waals surface area contributed by atoms with Crippen LogP contribution in [0, 0.1) is 0 Å². The lowest BCUT2D eigenvalue weighted by molar-refractivity contribution is -0.156. The highest BCUT2D eigenvalue weighted by molar-refractivity contribution is 5.94. The molecule has 80 heavy (non-hydrogen) atoms. The first kappa shape index (κ1) is 68.1. The Balaban J connectivity index is 1.71. The maximum Gasteiger partial charge on any atom is 0.407 e. The Hall–Kier alpha value is -6.20. The number of fused-ring (bicyclic) bond motifs is 3. The van der Waals surface area contributed by atoms with Crippen LogP contribution < -0.4 is 31.9 Å². The summed E-state index contributed by atoms with van der Waals surface area (Å²) >= 11 is 0. The van der Waals surface area contributed by atoms with Crippen molar-refractivity contribution in [2.24, 2.45) is 0 Å². The normalized spacial score (nSPS) is 13.3. The average Bonchev–Trinajstić information content (AvgIpc) is 3.72. The molecule has 18 nitrogen and oxygen atoms in total. The molecule has 0 saturated carbocycles. The van der Waals surface area contributed by atoms with Crippen LogP contribution in [0.1, 0.15) is 221 Å². The lowest BCUT2D eigenvalue weighted by atomic mass is 9.98. The minimum Gasteiger partial charge on any atom is -0.460 e. The van der Waals surface area contributed by atoms with E-state index in [4.69, 9.17) is 18.9 Å². The smallest absolute Gasteiger partial charge is 0.407 e. The molecule has 0 fully saturated rings. The fourth-order valence-electron chi connectivity index (χ4n) is 9.27. The molecule has 0 aromatic heterocycles. The molecule has 2 aromatic rings. The number of nitrogens with one attached hydrogen (secondary N) is 6. The van der Waals surface area contributed by atoms with Crippen LogP contribution in [0.25, 0.3) is 11.1 Å². The summed E-state index contributed by atoms with van der Waals surface area (Å²) in [6.07, 6.45) is 12.7. The third-order valence-corrected chi connectivity index (χ3v) is 13.2. The van der Waals surface area contributed by atoms with Crippen LogP contribution >= 0.6 is 0 Å². The molecule has 1 aliphatic rings. The minimum absolute atomic E-state index is 0.0270. The third kappa shape index (κ3) is 28.8. The Morgan fingerprint density at radius 3 is 1.38 bits per heavy atom. The van der Waals surface area contributed by atoms with E-state index in [1.54, 1.807) is 62.3 Å². The SMILES string of the molecule is CCCCCCCCCCCC(=O)NCCCCCCNC(=O)C(CCC(=O)OC(C)(C)C)NC(=O)C(CCC(=O)OC(C)(C)C)NC(=O)C(CCCCNC(=O)OC(C)(C)C)NC(=O)OCC1c2ccccc2-c2ccccc21. The summed E-state index contributed by atoms with van der Waals surface area (Å²) in [6, 6.07) is 11.8. The lowest BCUT2D eigenvalue weighted by Crippen LogP contribution is -2.57. The first-order valence-corrected chi connectivity index (χ1v) is 29.5. The second-order valence-corrected chi connectivity index (χ2v) is 24.0. The van der Waals surface area contributed by atoms with Gasteiger partial charge in [0.25, 0.3) is 0 Å². The highest BCUT2D eigenvalue weighted by Crippen LogP contribution is 2.44. The van der Waals surface area contributed by atoms with Crippen LogP contribution in [0.4, 0.5) is 9.59 Å². The number of amides is 6. The van der Waals surface area contributed by atoms with Gasteiger partial charge in [0.15, 0.2) is 0 Å². The quantitative estimate of drug-likeness (QED) is 0.0212. The van der Waals surface area contributed by atoms with Gasteiger partial charge in [-0.15, -0.1) is 0 Å². The van der Waals surface area contributed by atoms with Gasteiger partial charge in [-0.1, -0.05) is 120 Å². The zero-order chi connectivity index (χ0) is 59.1. The van der Waals surface area contributed by atoms with E-state index in [1.807, 2.05) is 48.5 Å². The fourth-order valence-corrected chi connectivity index (χ4v) is 9.27. The Labute approximate surface area is 477 Å². The van der Waals surface area contributed by atoms with Gasteiger partial charge < -0.3 is 50.8 Å². The molecule has 0 radical (unpaired) electrons. The van der Waals surface area contributed by atoms with Gasteiger partial charge in [-0.05, 0) is 136 Å². The largest absolute Gasteiger partial charge is 0.460 e. The molecule has 6 amide bonds. The molecular formula is C62H98N6O12.